The molecule has 1 aromatic carbocycles. The van der Waals surface area contributed by atoms with Gasteiger partial charge < -0.3 is 9.84 Å². The molecule has 1 aromatic rings. The number of rotatable bonds is 5. The van der Waals surface area contributed by atoms with Gasteiger partial charge in [-0.2, -0.15) is 0 Å². The van der Waals surface area contributed by atoms with E-state index >= 15 is 0 Å². The van der Waals surface area contributed by atoms with Crippen molar-refractivity contribution in [1.29, 1.82) is 0 Å². The van der Waals surface area contributed by atoms with E-state index < -0.39 is 5.97 Å². The van der Waals surface area contributed by atoms with Crippen LogP contribution >= 0.6 is 15.9 Å². The van der Waals surface area contributed by atoms with Crippen molar-refractivity contribution in [3.8, 4) is 5.75 Å². The molecule has 3 nitrogen and oxygen atoms in total. The molecule has 0 aromatic heterocycles. The summed E-state index contributed by atoms with van der Waals surface area (Å²) in [5.74, 6) is 0.0872. The third-order valence-corrected chi connectivity index (χ3v) is 4.69. The molecule has 1 saturated carbocycles. The van der Waals surface area contributed by atoms with Crippen LogP contribution in [0.5, 0.6) is 5.75 Å². The summed E-state index contributed by atoms with van der Waals surface area (Å²) in [6, 6.07) is 3.96. The molecular weight excluding hydrogens is 296 g/mol. The molecule has 0 unspecified atom stereocenters. The van der Waals surface area contributed by atoms with Gasteiger partial charge in [0, 0.05) is 9.89 Å². The zero-order chi connectivity index (χ0) is 13.3. The molecule has 1 fully saturated rings. The highest BCUT2D eigenvalue weighted by Gasteiger charge is 2.45. The Labute approximate surface area is 115 Å². The van der Waals surface area contributed by atoms with Crippen LogP contribution < -0.4 is 4.74 Å². The lowest BCUT2D eigenvalue weighted by atomic mass is 10.0. The number of hydrogen-bond acceptors (Lipinski definition) is 2. The van der Waals surface area contributed by atoms with Crippen molar-refractivity contribution < 1.29 is 14.6 Å². The number of benzene rings is 1. The van der Waals surface area contributed by atoms with Gasteiger partial charge >= 0.3 is 5.97 Å². The van der Waals surface area contributed by atoms with Gasteiger partial charge in [0.1, 0.15) is 5.75 Å². The van der Waals surface area contributed by atoms with Gasteiger partial charge in [0.05, 0.1) is 13.0 Å². The summed E-state index contributed by atoms with van der Waals surface area (Å²) >= 11 is 3.52. The first-order chi connectivity index (χ1) is 8.42. The molecule has 98 valence electrons. The highest BCUT2D eigenvalue weighted by molar-refractivity contribution is 9.10. The number of carbonyl (C=O) groups is 1. The Balaban J connectivity index is 2.01. The van der Waals surface area contributed by atoms with Crippen LogP contribution in [0.15, 0.2) is 16.6 Å². The van der Waals surface area contributed by atoms with Crippen LogP contribution in [0.4, 0.5) is 0 Å². The van der Waals surface area contributed by atoms with Gasteiger partial charge in [-0.05, 0) is 49.9 Å². The van der Waals surface area contributed by atoms with Gasteiger partial charge in [-0.3, -0.25) is 4.79 Å². The fourth-order valence-electron chi connectivity index (χ4n) is 2.10. The molecule has 0 radical (unpaired) electrons. The summed E-state index contributed by atoms with van der Waals surface area (Å²) in [5.41, 5.74) is 2.14. The van der Waals surface area contributed by atoms with Crippen molar-refractivity contribution in [2.24, 2.45) is 5.41 Å². The van der Waals surface area contributed by atoms with Crippen LogP contribution in [0, 0.1) is 19.3 Å². The van der Waals surface area contributed by atoms with Crippen molar-refractivity contribution in [3.63, 3.8) is 0 Å². The lowest BCUT2D eigenvalue weighted by Crippen LogP contribution is -2.17. The summed E-state index contributed by atoms with van der Waals surface area (Å²) in [6.07, 6.45) is 2.11. The molecule has 0 atom stereocenters. The minimum absolute atomic E-state index is 0.124. The van der Waals surface area contributed by atoms with E-state index in [1.807, 2.05) is 26.0 Å². The molecule has 0 saturated heterocycles. The standard InChI is InChI=1S/C14H17BrO3/c1-9-5-11(6-10(2)13(9)15)18-8-14(3-4-14)7-12(16)17/h5-6H,3-4,7-8H2,1-2H3,(H,16,17). The predicted octanol–water partition coefficient (Wildman–Crippen LogP) is 3.70. The van der Waals surface area contributed by atoms with Crippen molar-refractivity contribution in [3.05, 3.63) is 27.7 Å². The Morgan fingerprint density at radius 1 is 1.39 bits per heavy atom. The van der Waals surface area contributed by atoms with E-state index in [2.05, 4.69) is 15.9 Å². The van der Waals surface area contributed by atoms with Crippen LogP contribution in [0.25, 0.3) is 0 Å². The van der Waals surface area contributed by atoms with Gasteiger partial charge in [-0.15, -0.1) is 0 Å². The van der Waals surface area contributed by atoms with Crippen LogP contribution in [0.1, 0.15) is 30.4 Å². The summed E-state index contributed by atoms with van der Waals surface area (Å²) < 4.78 is 6.87. The number of carboxylic acid groups (broad SMARTS) is 1. The Morgan fingerprint density at radius 2 is 1.94 bits per heavy atom. The van der Waals surface area contributed by atoms with E-state index in [0.717, 1.165) is 34.2 Å². The van der Waals surface area contributed by atoms with Crippen LogP contribution in [0.2, 0.25) is 0 Å². The summed E-state index contributed by atoms with van der Waals surface area (Å²) in [5, 5.41) is 8.85. The van der Waals surface area contributed by atoms with Crippen LogP contribution in [0.3, 0.4) is 0 Å². The van der Waals surface area contributed by atoms with E-state index in [1.54, 1.807) is 0 Å². The van der Waals surface area contributed by atoms with E-state index in [4.69, 9.17) is 9.84 Å². The first-order valence-corrected chi connectivity index (χ1v) is 6.82. The van der Waals surface area contributed by atoms with Gasteiger partial charge in [0.2, 0.25) is 0 Å². The Hall–Kier alpha value is -1.03. The number of hydrogen-bond donors (Lipinski definition) is 1. The molecule has 1 aliphatic rings. The largest absolute Gasteiger partial charge is 0.493 e. The molecule has 2 rings (SSSR count). The summed E-state index contributed by atoms with van der Waals surface area (Å²) in [4.78, 5) is 10.8. The predicted molar refractivity (Wildman–Crippen MR) is 73.0 cm³/mol. The molecule has 1 N–H and O–H groups in total. The Bertz CT molecular complexity index is 455. The zero-order valence-corrected chi connectivity index (χ0v) is 12.2. The number of aliphatic carboxylic acids is 1. The molecule has 0 bridgehead atoms. The quantitative estimate of drug-likeness (QED) is 0.901. The first kappa shape index (κ1) is 13.4. The van der Waals surface area contributed by atoms with Crippen molar-refractivity contribution in [2.75, 3.05) is 6.61 Å². The zero-order valence-electron chi connectivity index (χ0n) is 10.6. The molecule has 0 amide bonds. The second kappa shape index (κ2) is 4.92. The van der Waals surface area contributed by atoms with Gasteiger partial charge in [0.15, 0.2) is 0 Å². The van der Waals surface area contributed by atoms with Crippen molar-refractivity contribution in [1.82, 2.24) is 0 Å². The molecular formula is C14H17BrO3. The molecule has 0 spiro atoms. The van der Waals surface area contributed by atoms with E-state index in [-0.39, 0.29) is 11.8 Å². The number of ether oxygens (including phenoxy) is 1. The SMILES string of the molecule is Cc1cc(OCC2(CC(=O)O)CC2)cc(C)c1Br. The molecule has 0 heterocycles. The molecule has 4 heteroatoms. The van der Waals surface area contributed by atoms with Gasteiger partial charge in [-0.25, -0.2) is 0 Å². The highest BCUT2D eigenvalue weighted by Crippen LogP contribution is 2.49. The number of carboxylic acids is 1. The normalized spacial score (nSPS) is 16.4. The smallest absolute Gasteiger partial charge is 0.304 e. The van der Waals surface area contributed by atoms with Crippen LogP contribution in [-0.2, 0) is 4.79 Å². The average Bonchev–Trinajstić information content (AvgIpc) is 3.02. The minimum atomic E-state index is -0.737. The minimum Gasteiger partial charge on any atom is -0.493 e. The lowest BCUT2D eigenvalue weighted by molar-refractivity contribution is -0.138. The fourth-order valence-corrected chi connectivity index (χ4v) is 2.32. The second-order valence-corrected chi connectivity index (χ2v) is 6.02. The molecule has 18 heavy (non-hydrogen) atoms. The average molecular weight is 313 g/mol. The maximum atomic E-state index is 10.8. The van der Waals surface area contributed by atoms with Crippen molar-refractivity contribution in [2.45, 2.75) is 33.1 Å². The topological polar surface area (TPSA) is 46.5 Å². The molecule has 0 aliphatic heterocycles. The Kier molecular flexibility index (Phi) is 3.66. The van der Waals surface area contributed by atoms with Gasteiger partial charge in [-0.1, -0.05) is 15.9 Å². The fraction of sp³-hybridized carbons (Fsp3) is 0.500. The number of halogens is 1. The second-order valence-electron chi connectivity index (χ2n) is 5.23. The first-order valence-electron chi connectivity index (χ1n) is 6.03. The summed E-state index contributed by atoms with van der Waals surface area (Å²) in [6.45, 7) is 4.54. The van der Waals surface area contributed by atoms with Gasteiger partial charge in [0.25, 0.3) is 0 Å². The Morgan fingerprint density at radius 3 is 2.39 bits per heavy atom. The lowest BCUT2D eigenvalue weighted by Gasteiger charge is -2.15. The summed E-state index contributed by atoms with van der Waals surface area (Å²) in [7, 11) is 0. The maximum absolute atomic E-state index is 10.8. The van der Waals surface area contributed by atoms with Crippen LogP contribution in [-0.4, -0.2) is 17.7 Å². The monoisotopic (exact) mass is 312 g/mol. The van der Waals surface area contributed by atoms with E-state index in [0.29, 0.717) is 6.61 Å². The third-order valence-electron chi connectivity index (χ3n) is 3.44. The highest BCUT2D eigenvalue weighted by atomic mass is 79.9. The maximum Gasteiger partial charge on any atom is 0.304 e. The van der Waals surface area contributed by atoms with E-state index in [1.165, 1.54) is 0 Å². The van der Waals surface area contributed by atoms with Crippen molar-refractivity contribution >= 4 is 21.9 Å². The van der Waals surface area contributed by atoms with E-state index in [9.17, 15) is 4.79 Å². The molecule has 1 aliphatic carbocycles. The number of aryl methyl sites for hydroxylation is 2. The third kappa shape index (κ3) is 3.05.